The third-order valence-corrected chi connectivity index (χ3v) is 5.44. The van der Waals surface area contributed by atoms with E-state index in [0.717, 1.165) is 34.9 Å². The summed E-state index contributed by atoms with van der Waals surface area (Å²) in [5, 5.41) is 0.703. The molecule has 0 bridgehead atoms. The van der Waals surface area contributed by atoms with Crippen LogP contribution >= 0.6 is 23.5 Å². The highest BCUT2D eigenvalue weighted by Crippen LogP contribution is 2.30. The van der Waals surface area contributed by atoms with Crippen LogP contribution in [0, 0.1) is 5.82 Å². The van der Waals surface area contributed by atoms with Crippen molar-refractivity contribution in [3.05, 3.63) is 46.1 Å². The van der Waals surface area contributed by atoms with Crippen LogP contribution in [0.15, 0.2) is 39.1 Å². The zero-order chi connectivity index (χ0) is 14.8. The lowest BCUT2D eigenvalue weighted by atomic mass is 10.3. The Hall–Kier alpha value is -1.27. The molecule has 0 saturated heterocycles. The van der Waals surface area contributed by atoms with Crippen molar-refractivity contribution in [3.8, 4) is 5.69 Å². The summed E-state index contributed by atoms with van der Waals surface area (Å²) >= 11 is 3.13. The molecule has 0 unspecified atom stereocenters. The summed E-state index contributed by atoms with van der Waals surface area (Å²) in [5.41, 5.74) is 1.54. The topological polar surface area (TPSA) is 34.9 Å². The summed E-state index contributed by atoms with van der Waals surface area (Å²) < 4.78 is 14.7. The van der Waals surface area contributed by atoms with Crippen LogP contribution in [0.5, 0.6) is 0 Å². The van der Waals surface area contributed by atoms with Gasteiger partial charge in [-0.25, -0.2) is 9.37 Å². The molecule has 0 aliphatic carbocycles. The van der Waals surface area contributed by atoms with Gasteiger partial charge in [-0.15, -0.1) is 11.8 Å². The molecule has 110 valence electrons. The van der Waals surface area contributed by atoms with E-state index in [2.05, 4.69) is 11.9 Å². The smallest absolute Gasteiger partial charge is 0.268 e. The Kier molecular flexibility index (Phi) is 4.35. The third-order valence-electron chi connectivity index (χ3n) is 3.19. The maximum atomic E-state index is 13.1. The van der Waals surface area contributed by atoms with E-state index >= 15 is 0 Å². The Morgan fingerprint density at radius 2 is 2.14 bits per heavy atom. The molecule has 1 aromatic carbocycles. The van der Waals surface area contributed by atoms with Crippen molar-refractivity contribution in [1.29, 1.82) is 0 Å². The predicted octanol–water partition coefficient (Wildman–Crippen LogP) is 3.52. The highest BCUT2D eigenvalue weighted by atomic mass is 32.2. The molecule has 2 aromatic rings. The number of thioether (sulfide) groups is 2. The van der Waals surface area contributed by atoms with Crippen LogP contribution in [0.25, 0.3) is 5.69 Å². The molecule has 0 saturated carbocycles. The molecule has 0 atom stereocenters. The Morgan fingerprint density at radius 1 is 1.38 bits per heavy atom. The number of benzene rings is 1. The first-order valence-corrected chi connectivity index (χ1v) is 8.85. The average molecular weight is 322 g/mol. The van der Waals surface area contributed by atoms with Crippen molar-refractivity contribution in [3.63, 3.8) is 0 Å². The van der Waals surface area contributed by atoms with Crippen molar-refractivity contribution in [1.82, 2.24) is 9.55 Å². The maximum Gasteiger partial charge on any atom is 0.272 e. The lowest BCUT2D eigenvalue weighted by Crippen LogP contribution is -2.23. The number of nitrogens with zero attached hydrogens (tertiary/aromatic N) is 2. The van der Waals surface area contributed by atoms with Gasteiger partial charge in [-0.05, 0) is 30.7 Å². The average Bonchev–Trinajstić information content (AvgIpc) is 2.95. The molecule has 1 aromatic heterocycles. The van der Waals surface area contributed by atoms with Gasteiger partial charge in [-0.3, -0.25) is 9.36 Å². The first-order valence-electron chi connectivity index (χ1n) is 6.88. The highest BCUT2D eigenvalue weighted by molar-refractivity contribution is 7.99. The zero-order valence-corrected chi connectivity index (χ0v) is 13.3. The largest absolute Gasteiger partial charge is 0.272 e. The second-order valence-corrected chi connectivity index (χ2v) is 6.90. The summed E-state index contributed by atoms with van der Waals surface area (Å²) in [6, 6.07) is 5.99. The quantitative estimate of drug-likeness (QED) is 0.637. The molecule has 3 nitrogen and oxygen atoms in total. The zero-order valence-electron chi connectivity index (χ0n) is 11.6. The van der Waals surface area contributed by atoms with E-state index in [1.54, 1.807) is 40.2 Å². The Bertz CT molecular complexity index is 713. The molecule has 0 fully saturated rings. The molecule has 0 spiro atoms. The number of hydrogen-bond acceptors (Lipinski definition) is 4. The fourth-order valence-electron chi connectivity index (χ4n) is 2.20. The normalized spacial score (nSPS) is 13.4. The third kappa shape index (κ3) is 2.87. The summed E-state index contributed by atoms with van der Waals surface area (Å²) in [5.74, 6) is 1.50. The van der Waals surface area contributed by atoms with E-state index < -0.39 is 0 Å². The van der Waals surface area contributed by atoms with Crippen molar-refractivity contribution < 1.29 is 4.39 Å². The standard InChI is InChI=1S/C15H15FN2OS2/c1-2-8-21-15-17-12-7-9-20-13(12)14(19)18(15)11-5-3-10(16)4-6-11/h3-6H,2,7-9H2,1H3. The Labute approximate surface area is 131 Å². The van der Waals surface area contributed by atoms with E-state index in [1.165, 1.54) is 12.1 Å². The highest BCUT2D eigenvalue weighted by Gasteiger charge is 2.22. The van der Waals surface area contributed by atoms with Crippen LogP contribution in [0.2, 0.25) is 0 Å². The Morgan fingerprint density at radius 3 is 2.86 bits per heavy atom. The van der Waals surface area contributed by atoms with Crippen LogP contribution in [-0.2, 0) is 6.42 Å². The molecular formula is C15H15FN2OS2. The maximum absolute atomic E-state index is 13.1. The van der Waals surface area contributed by atoms with Gasteiger partial charge >= 0.3 is 0 Å². The summed E-state index contributed by atoms with van der Waals surface area (Å²) in [6.07, 6.45) is 1.86. The first kappa shape index (κ1) is 14.7. The van der Waals surface area contributed by atoms with Crippen LogP contribution in [0.4, 0.5) is 4.39 Å². The lowest BCUT2D eigenvalue weighted by molar-refractivity contribution is 0.626. The van der Waals surface area contributed by atoms with Crippen molar-refractivity contribution in [2.45, 2.75) is 29.8 Å². The molecule has 2 heterocycles. The van der Waals surface area contributed by atoms with Gasteiger partial charge in [-0.1, -0.05) is 18.7 Å². The van der Waals surface area contributed by atoms with E-state index in [4.69, 9.17) is 0 Å². The summed E-state index contributed by atoms with van der Waals surface area (Å²) in [6.45, 7) is 2.09. The van der Waals surface area contributed by atoms with Gasteiger partial charge in [0, 0.05) is 17.9 Å². The number of aryl methyl sites for hydroxylation is 1. The number of halogens is 1. The van der Waals surface area contributed by atoms with E-state index in [9.17, 15) is 9.18 Å². The fraction of sp³-hybridized carbons (Fsp3) is 0.333. The molecule has 0 radical (unpaired) electrons. The van der Waals surface area contributed by atoms with E-state index in [0.29, 0.717) is 10.8 Å². The summed E-state index contributed by atoms with van der Waals surface area (Å²) in [7, 11) is 0. The minimum absolute atomic E-state index is 0.0345. The molecular weight excluding hydrogens is 307 g/mol. The first-order chi connectivity index (χ1) is 10.2. The van der Waals surface area contributed by atoms with Gasteiger partial charge in [0.2, 0.25) is 0 Å². The fourth-order valence-corrected chi connectivity index (χ4v) is 4.11. The molecule has 1 aliphatic rings. The van der Waals surface area contributed by atoms with Gasteiger partial charge in [-0.2, -0.15) is 0 Å². The molecule has 3 rings (SSSR count). The van der Waals surface area contributed by atoms with Crippen molar-refractivity contribution in [2.75, 3.05) is 11.5 Å². The van der Waals surface area contributed by atoms with Crippen LogP contribution in [-0.4, -0.2) is 21.1 Å². The summed E-state index contributed by atoms with van der Waals surface area (Å²) in [4.78, 5) is 18.1. The number of rotatable bonds is 4. The number of aromatic nitrogens is 2. The lowest BCUT2D eigenvalue weighted by Gasteiger charge is -2.13. The van der Waals surface area contributed by atoms with Gasteiger partial charge in [0.15, 0.2) is 5.16 Å². The Balaban J connectivity index is 2.16. The van der Waals surface area contributed by atoms with Gasteiger partial charge in [0.25, 0.3) is 5.56 Å². The molecule has 6 heteroatoms. The molecule has 21 heavy (non-hydrogen) atoms. The predicted molar refractivity (Wildman–Crippen MR) is 85.2 cm³/mol. The van der Waals surface area contributed by atoms with E-state index in [1.807, 2.05) is 0 Å². The monoisotopic (exact) mass is 322 g/mol. The minimum atomic E-state index is -0.307. The van der Waals surface area contributed by atoms with Crippen molar-refractivity contribution >= 4 is 23.5 Å². The van der Waals surface area contributed by atoms with Gasteiger partial charge in [0.1, 0.15) is 5.82 Å². The SMILES string of the molecule is CCCSc1nc2c(c(=O)n1-c1ccc(F)cc1)SCC2. The molecule has 1 aliphatic heterocycles. The van der Waals surface area contributed by atoms with Crippen LogP contribution in [0.3, 0.4) is 0 Å². The van der Waals surface area contributed by atoms with Gasteiger partial charge in [0.05, 0.1) is 16.3 Å². The second kappa shape index (κ2) is 6.23. The van der Waals surface area contributed by atoms with Crippen LogP contribution in [0.1, 0.15) is 19.0 Å². The molecule has 0 N–H and O–H groups in total. The van der Waals surface area contributed by atoms with Crippen LogP contribution < -0.4 is 5.56 Å². The second-order valence-electron chi connectivity index (χ2n) is 4.73. The van der Waals surface area contributed by atoms with Crippen molar-refractivity contribution in [2.24, 2.45) is 0 Å². The van der Waals surface area contributed by atoms with E-state index in [-0.39, 0.29) is 11.4 Å². The molecule has 0 amide bonds. The number of hydrogen-bond donors (Lipinski definition) is 0. The van der Waals surface area contributed by atoms with Gasteiger partial charge < -0.3 is 0 Å². The minimum Gasteiger partial charge on any atom is -0.268 e. The number of fused-ring (bicyclic) bond motifs is 1.